The van der Waals surface area contributed by atoms with Gasteiger partial charge in [-0.05, 0) is 50.8 Å². The molecule has 2 fully saturated rings. The van der Waals surface area contributed by atoms with E-state index >= 15 is 0 Å². The van der Waals surface area contributed by atoms with E-state index in [9.17, 15) is 13.2 Å². The summed E-state index contributed by atoms with van der Waals surface area (Å²) in [4.78, 5) is 14.0. The van der Waals surface area contributed by atoms with E-state index < -0.39 is 18.1 Å². The maximum atomic E-state index is 13.7. The zero-order valence-electron chi connectivity index (χ0n) is 23.3. The largest absolute Gasteiger partial charge is 0.391 e. The third kappa shape index (κ3) is 5.49. The number of hydrogen-bond donors (Lipinski definition) is 0. The molecule has 0 radical (unpaired) electrons. The van der Waals surface area contributed by atoms with Crippen molar-refractivity contribution in [3.63, 3.8) is 0 Å². The zero-order chi connectivity index (χ0) is 28.9. The normalized spacial score (nSPS) is 24.0. The van der Waals surface area contributed by atoms with E-state index in [1.807, 2.05) is 22.9 Å². The lowest BCUT2D eigenvalue weighted by atomic mass is 9.91. The first-order valence-electron chi connectivity index (χ1n) is 14.1. The number of rotatable bonds is 7. The monoisotopic (exact) mass is 590 g/mol. The first kappa shape index (κ1) is 28.2. The Hall–Kier alpha value is -2.96. The molecule has 6 rings (SSSR count). The molecule has 5 heterocycles. The molecule has 0 saturated carbocycles. The van der Waals surface area contributed by atoms with Gasteiger partial charge < -0.3 is 14.2 Å². The van der Waals surface area contributed by atoms with Gasteiger partial charge in [-0.1, -0.05) is 30.7 Å². The van der Waals surface area contributed by atoms with E-state index in [-0.39, 0.29) is 24.6 Å². The van der Waals surface area contributed by atoms with Crippen molar-refractivity contribution in [3.05, 3.63) is 47.5 Å². The highest BCUT2D eigenvalue weighted by Gasteiger charge is 2.42. The number of halogens is 4. The maximum Gasteiger partial charge on any atom is 0.391 e. The van der Waals surface area contributed by atoms with Crippen LogP contribution in [0.3, 0.4) is 0 Å². The van der Waals surface area contributed by atoms with Crippen LogP contribution in [0.4, 0.5) is 19.0 Å². The van der Waals surface area contributed by atoms with Gasteiger partial charge in [-0.3, -0.25) is 4.90 Å². The number of alkyl halides is 3. The number of fused-ring (bicyclic) bond motifs is 3. The van der Waals surface area contributed by atoms with Crippen LogP contribution in [-0.4, -0.2) is 78.1 Å². The summed E-state index contributed by atoms with van der Waals surface area (Å²) in [5.74, 6) is -0.271. The van der Waals surface area contributed by atoms with Crippen LogP contribution in [-0.2, 0) is 11.3 Å². The third-order valence-corrected chi connectivity index (χ3v) is 8.76. The van der Waals surface area contributed by atoms with Gasteiger partial charge in [0.15, 0.2) is 11.5 Å². The highest BCUT2D eigenvalue weighted by Crippen LogP contribution is 2.39. The summed E-state index contributed by atoms with van der Waals surface area (Å²) in [6.07, 6.45) is 1.32. The lowest BCUT2D eigenvalue weighted by molar-refractivity contribution is -0.175. The summed E-state index contributed by atoms with van der Waals surface area (Å²) in [6.45, 7) is 7.96. The van der Waals surface area contributed by atoms with Crippen molar-refractivity contribution in [1.82, 2.24) is 34.0 Å². The molecular weight excluding hydrogens is 557 g/mol. The molecule has 5 atom stereocenters. The Morgan fingerprint density at radius 1 is 1.10 bits per heavy atom. The Balaban J connectivity index is 1.32. The number of nitrogens with zero attached hydrogens (tertiary/aromatic N) is 8. The predicted molar refractivity (Wildman–Crippen MR) is 150 cm³/mol. The van der Waals surface area contributed by atoms with E-state index in [2.05, 4.69) is 38.4 Å². The molecule has 41 heavy (non-hydrogen) atoms. The van der Waals surface area contributed by atoms with Crippen molar-refractivity contribution in [2.75, 3.05) is 24.6 Å². The number of imidazole rings is 1. The maximum absolute atomic E-state index is 13.7. The minimum Gasteiger partial charge on any atom is -0.376 e. The van der Waals surface area contributed by atoms with Gasteiger partial charge in [0.1, 0.15) is 11.8 Å². The summed E-state index contributed by atoms with van der Waals surface area (Å²) in [5, 5.41) is 8.89. The van der Waals surface area contributed by atoms with Gasteiger partial charge in [-0.2, -0.15) is 18.2 Å². The first-order chi connectivity index (χ1) is 19.6. The standard InChI is InChI=1S/C28H34ClF3N8O/c1-17(28(30,31)32)11-23(20-6-8-21(29)9-7-20)38-12-19(3)39(13-18(38)2)25-24-26(40-16-34-36-27(40)35-25)37(15-33-24)14-22-5-4-10-41-22/h6-9,15-19,22-23H,4-5,10-14H2,1-3H3/t17-,18+,19-,22-,23?/m0/s1. The highest BCUT2D eigenvalue weighted by atomic mass is 35.5. The summed E-state index contributed by atoms with van der Waals surface area (Å²) < 4.78 is 50.9. The third-order valence-electron chi connectivity index (χ3n) is 8.51. The molecule has 3 aromatic heterocycles. The molecule has 2 aliphatic rings. The van der Waals surface area contributed by atoms with Crippen LogP contribution in [0.2, 0.25) is 5.02 Å². The molecule has 220 valence electrons. The van der Waals surface area contributed by atoms with Gasteiger partial charge in [0, 0.05) is 42.8 Å². The highest BCUT2D eigenvalue weighted by molar-refractivity contribution is 6.30. The Morgan fingerprint density at radius 3 is 2.59 bits per heavy atom. The van der Waals surface area contributed by atoms with Gasteiger partial charge in [0.25, 0.3) is 5.78 Å². The molecule has 0 spiro atoms. The number of anilines is 1. The molecule has 9 nitrogen and oxygen atoms in total. The molecule has 0 bridgehead atoms. The minimum atomic E-state index is -4.27. The topological polar surface area (TPSA) is 76.6 Å². The van der Waals surface area contributed by atoms with E-state index in [1.54, 1.807) is 18.5 Å². The van der Waals surface area contributed by atoms with Crippen molar-refractivity contribution in [3.8, 4) is 0 Å². The van der Waals surface area contributed by atoms with Crippen LogP contribution in [0.1, 0.15) is 51.6 Å². The number of benzene rings is 1. The van der Waals surface area contributed by atoms with Gasteiger partial charge >= 0.3 is 6.18 Å². The predicted octanol–water partition coefficient (Wildman–Crippen LogP) is 5.54. The average Bonchev–Trinajstić information content (AvgIpc) is 3.70. The molecule has 0 amide bonds. The Kier molecular flexibility index (Phi) is 7.58. The van der Waals surface area contributed by atoms with Gasteiger partial charge in [0.05, 0.1) is 24.9 Å². The molecule has 1 unspecified atom stereocenters. The number of ether oxygens (including phenoxy) is 1. The van der Waals surface area contributed by atoms with Crippen LogP contribution < -0.4 is 4.90 Å². The SMILES string of the molecule is C[C@@H]1CN(c2nc3nncn3c3c2ncn3C[C@@H]2CCCO2)[C@@H](C)CN1C(C[C@H](C)C(F)(F)F)c1ccc(Cl)cc1. The lowest BCUT2D eigenvalue weighted by Crippen LogP contribution is -2.58. The average molecular weight is 591 g/mol. The van der Waals surface area contributed by atoms with Crippen molar-refractivity contribution in [1.29, 1.82) is 0 Å². The van der Waals surface area contributed by atoms with Crippen molar-refractivity contribution in [2.24, 2.45) is 5.92 Å². The van der Waals surface area contributed by atoms with Gasteiger partial charge in [0.2, 0.25) is 0 Å². The van der Waals surface area contributed by atoms with Crippen LogP contribution in [0.5, 0.6) is 0 Å². The van der Waals surface area contributed by atoms with Crippen LogP contribution in [0, 0.1) is 5.92 Å². The number of piperazine rings is 1. The van der Waals surface area contributed by atoms with Crippen LogP contribution in [0.25, 0.3) is 16.9 Å². The molecule has 0 N–H and O–H groups in total. The summed E-state index contributed by atoms with van der Waals surface area (Å²) >= 11 is 6.12. The minimum absolute atomic E-state index is 0.0377. The fourth-order valence-corrected chi connectivity index (χ4v) is 6.36. The molecule has 1 aromatic carbocycles. The molecule has 13 heteroatoms. The van der Waals surface area contributed by atoms with E-state index in [0.29, 0.717) is 36.3 Å². The number of hydrogen-bond acceptors (Lipinski definition) is 7. The van der Waals surface area contributed by atoms with E-state index in [0.717, 1.165) is 36.2 Å². The second-order valence-electron chi connectivity index (χ2n) is 11.4. The Labute approximate surface area is 241 Å². The summed E-state index contributed by atoms with van der Waals surface area (Å²) in [6, 6.07) is 6.64. The molecular formula is C28H34ClF3N8O. The van der Waals surface area contributed by atoms with Crippen molar-refractivity contribution >= 4 is 34.4 Å². The lowest BCUT2D eigenvalue weighted by Gasteiger charge is -2.48. The second kappa shape index (κ2) is 11.0. The van der Waals surface area contributed by atoms with Crippen LogP contribution in [0.15, 0.2) is 36.9 Å². The van der Waals surface area contributed by atoms with Crippen molar-refractivity contribution < 1.29 is 17.9 Å². The fraction of sp³-hybridized carbons (Fsp3) is 0.571. The van der Waals surface area contributed by atoms with Crippen LogP contribution >= 0.6 is 11.6 Å². The van der Waals surface area contributed by atoms with E-state index in [1.165, 1.54) is 6.92 Å². The Morgan fingerprint density at radius 2 is 1.88 bits per heavy atom. The molecule has 2 aliphatic heterocycles. The van der Waals surface area contributed by atoms with Gasteiger partial charge in [-0.15, -0.1) is 10.2 Å². The van der Waals surface area contributed by atoms with E-state index in [4.69, 9.17) is 26.3 Å². The second-order valence-corrected chi connectivity index (χ2v) is 11.9. The molecule has 2 saturated heterocycles. The fourth-order valence-electron chi connectivity index (χ4n) is 6.23. The summed E-state index contributed by atoms with van der Waals surface area (Å²) in [7, 11) is 0. The number of aromatic nitrogens is 6. The smallest absolute Gasteiger partial charge is 0.376 e. The first-order valence-corrected chi connectivity index (χ1v) is 14.5. The quantitative estimate of drug-likeness (QED) is 0.280. The Bertz CT molecular complexity index is 1500. The molecule has 4 aromatic rings. The molecule has 0 aliphatic carbocycles. The summed E-state index contributed by atoms with van der Waals surface area (Å²) in [5.41, 5.74) is 2.42. The zero-order valence-corrected chi connectivity index (χ0v) is 24.1. The van der Waals surface area contributed by atoms with Crippen molar-refractivity contribution in [2.45, 2.75) is 77.0 Å². The van der Waals surface area contributed by atoms with Gasteiger partial charge in [-0.25, -0.2) is 9.38 Å².